The van der Waals surface area contributed by atoms with Gasteiger partial charge >= 0.3 is 0 Å². The highest BCUT2D eigenvalue weighted by atomic mass is 19.1. The van der Waals surface area contributed by atoms with Crippen molar-refractivity contribution >= 4 is 5.91 Å². The smallest absolute Gasteiger partial charge is 0.254 e. The highest BCUT2D eigenvalue weighted by molar-refractivity contribution is 5.94. The van der Waals surface area contributed by atoms with Gasteiger partial charge in [-0.3, -0.25) is 4.79 Å². The van der Waals surface area contributed by atoms with Gasteiger partial charge in [0.2, 0.25) is 0 Å². The van der Waals surface area contributed by atoms with E-state index in [2.05, 4.69) is 31.1 Å². The monoisotopic (exact) mass is 512 g/mol. The van der Waals surface area contributed by atoms with Gasteiger partial charge in [0.05, 0.1) is 12.7 Å². The first-order valence-electron chi connectivity index (χ1n) is 12.9. The van der Waals surface area contributed by atoms with E-state index in [1.165, 1.54) is 11.6 Å². The molecule has 2 heterocycles. The van der Waals surface area contributed by atoms with Crippen LogP contribution in [0.25, 0.3) is 0 Å². The molecule has 0 saturated heterocycles. The number of aromatic nitrogens is 3. The predicted molar refractivity (Wildman–Crippen MR) is 144 cm³/mol. The highest BCUT2D eigenvalue weighted by Gasteiger charge is 2.24. The zero-order valence-electron chi connectivity index (χ0n) is 22.3. The van der Waals surface area contributed by atoms with E-state index in [9.17, 15) is 14.3 Å². The lowest BCUT2D eigenvalue weighted by molar-refractivity contribution is 0.0732. The standard InChI is InChI=1S/C31H33FN4O2/c1-20-15-24-13-14-35(18-26(24)27(32)16-20)30(38)23-7-5-21(6-8-23)17-36-19-28(33-34-36)29(37)22-9-11-25(12-10-22)31(2,3)4/h5-12,15-16,19,29,37H,13-14,17-18H2,1-4H3. The number of aliphatic hydroxyl groups is 1. The molecule has 6 nitrogen and oxygen atoms in total. The Morgan fingerprint density at radius 3 is 2.47 bits per heavy atom. The summed E-state index contributed by atoms with van der Waals surface area (Å²) in [4.78, 5) is 14.8. The Labute approximate surface area is 222 Å². The lowest BCUT2D eigenvalue weighted by Gasteiger charge is -2.29. The molecule has 1 aliphatic heterocycles. The van der Waals surface area contributed by atoms with Crippen molar-refractivity contribution in [2.75, 3.05) is 6.54 Å². The lowest BCUT2D eigenvalue weighted by Crippen LogP contribution is -2.36. The number of carbonyl (C=O) groups excluding carboxylic acids is 1. The summed E-state index contributed by atoms with van der Waals surface area (Å²) < 4.78 is 16.1. The molecule has 4 aromatic rings. The number of amides is 1. The molecule has 3 aromatic carbocycles. The number of aryl methyl sites for hydroxylation is 1. The number of carbonyl (C=O) groups is 1. The van der Waals surface area contributed by atoms with E-state index >= 15 is 0 Å². The van der Waals surface area contributed by atoms with Crippen molar-refractivity contribution in [3.8, 4) is 0 Å². The molecule has 196 valence electrons. The van der Waals surface area contributed by atoms with Gasteiger partial charge in [0, 0.05) is 24.2 Å². The first-order valence-corrected chi connectivity index (χ1v) is 12.9. The van der Waals surface area contributed by atoms with E-state index in [1.807, 2.05) is 49.4 Å². The molecule has 0 aliphatic carbocycles. The Kier molecular flexibility index (Phi) is 6.88. The Hall–Kier alpha value is -3.84. The number of nitrogens with zero attached hydrogens (tertiary/aromatic N) is 4. The minimum Gasteiger partial charge on any atom is -0.382 e. The van der Waals surface area contributed by atoms with Crippen LogP contribution in [-0.4, -0.2) is 37.5 Å². The van der Waals surface area contributed by atoms with Crippen LogP contribution in [0.2, 0.25) is 0 Å². The van der Waals surface area contributed by atoms with Gasteiger partial charge in [-0.05, 0) is 64.8 Å². The number of hydrogen-bond donors (Lipinski definition) is 1. The third-order valence-corrected chi connectivity index (χ3v) is 7.19. The van der Waals surface area contributed by atoms with Crippen LogP contribution in [0.3, 0.4) is 0 Å². The van der Waals surface area contributed by atoms with Gasteiger partial charge in [0.15, 0.2) is 0 Å². The summed E-state index contributed by atoms with van der Waals surface area (Å²) in [6.07, 6.45) is 1.53. The van der Waals surface area contributed by atoms with Crippen molar-refractivity contribution in [2.45, 2.75) is 58.7 Å². The van der Waals surface area contributed by atoms with E-state index in [0.717, 1.165) is 22.3 Å². The molecule has 38 heavy (non-hydrogen) atoms. The Morgan fingerprint density at radius 2 is 1.79 bits per heavy atom. The predicted octanol–water partition coefficient (Wildman–Crippen LogP) is 5.35. The minimum atomic E-state index is -0.860. The van der Waals surface area contributed by atoms with E-state index in [4.69, 9.17) is 0 Å². The summed E-state index contributed by atoms with van der Waals surface area (Å²) in [7, 11) is 0. The van der Waals surface area contributed by atoms with Gasteiger partial charge in [-0.1, -0.05) is 68.4 Å². The van der Waals surface area contributed by atoms with Crippen molar-refractivity contribution in [2.24, 2.45) is 0 Å². The van der Waals surface area contributed by atoms with Crippen molar-refractivity contribution in [1.82, 2.24) is 19.9 Å². The Bertz CT molecular complexity index is 1450. The number of fused-ring (bicyclic) bond motifs is 1. The third-order valence-electron chi connectivity index (χ3n) is 7.19. The van der Waals surface area contributed by atoms with Crippen molar-refractivity contribution < 1.29 is 14.3 Å². The largest absolute Gasteiger partial charge is 0.382 e. The molecular formula is C31H33FN4O2. The summed E-state index contributed by atoms with van der Waals surface area (Å²) in [6, 6.07) is 18.8. The summed E-state index contributed by atoms with van der Waals surface area (Å²) in [5.41, 5.74) is 6.51. The fraction of sp³-hybridized carbons (Fsp3) is 0.323. The van der Waals surface area contributed by atoms with Crippen LogP contribution < -0.4 is 0 Å². The van der Waals surface area contributed by atoms with Gasteiger partial charge in [-0.25, -0.2) is 9.07 Å². The summed E-state index contributed by atoms with van der Waals surface area (Å²) >= 11 is 0. The second kappa shape index (κ2) is 10.1. The van der Waals surface area contributed by atoms with Crippen LogP contribution in [0.4, 0.5) is 4.39 Å². The van der Waals surface area contributed by atoms with Gasteiger partial charge in [-0.15, -0.1) is 5.10 Å². The second-order valence-corrected chi connectivity index (χ2v) is 11.2. The molecule has 0 radical (unpaired) electrons. The molecule has 1 unspecified atom stereocenters. The maximum Gasteiger partial charge on any atom is 0.254 e. The van der Waals surface area contributed by atoms with Crippen molar-refractivity contribution in [3.05, 3.63) is 117 Å². The zero-order chi connectivity index (χ0) is 27.0. The number of benzene rings is 3. The minimum absolute atomic E-state index is 0.0447. The topological polar surface area (TPSA) is 71.2 Å². The molecule has 0 spiro atoms. The summed E-state index contributed by atoms with van der Waals surface area (Å²) in [6.45, 7) is 9.66. The molecule has 0 saturated carbocycles. The number of hydrogen-bond acceptors (Lipinski definition) is 4. The molecule has 1 atom stereocenters. The SMILES string of the molecule is Cc1cc(F)c2c(c1)CCN(C(=O)c1ccc(Cn3cc(C(O)c4ccc(C(C)(C)C)cc4)nn3)cc1)C2. The number of rotatable bonds is 5. The quantitative estimate of drug-likeness (QED) is 0.391. The first-order chi connectivity index (χ1) is 18.1. The average Bonchev–Trinajstić information content (AvgIpc) is 3.36. The molecule has 1 amide bonds. The van der Waals surface area contributed by atoms with E-state index in [1.54, 1.807) is 27.9 Å². The Morgan fingerprint density at radius 1 is 1.08 bits per heavy atom. The first kappa shape index (κ1) is 25.8. The van der Waals surface area contributed by atoms with Gasteiger partial charge in [-0.2, -0.15) is 0 Å². The number of aliphatic hydroxyl groups excluding tert-OH is 1. The van der Waals surface area contributed by atoms with Crippen LogP contribution >= 0.6 is 0 Å². The molecule has 0 fully saturated rings. The lowest BCUT2D eigenvalue weighted by atomic mass is 9.86. The molecular weight excluding hydrogens is 479 g/mol. The van der Waals surface area contributed by atoms with E-state index in [0.29, 0.717) is 36.3 Å². The maximum absolute atomic E-state index is 14.5. The normalized spacial score (nSPS) is 14.3. The van der Waals surface area contributed by atoms with Crippen molar-refractivity contribution in [3.63, 3.8) is 0 Å². The van der Waals surface area contributed by atoms with Crippen LogP contribution in [0.5, 0.6) is 0 Å². The van der Waals surface area contributed by atoms with Crippen LogP contribution in [0.15, 0.2) is 66.9 Å². The maximum atomic E-state index is 14.5. The molecule has 1 aromatic heterocycles. The van der Waals surface area contributed by atoms with Crippen LogP contribution in [-0.2, 0) is 24.9 Å². The van der Waals surface area contributed by atoms with Gasteiger partial charge < -0.3 is 10.0 Å². The van der Waals surface area contributed by atoms with Gasteiger partial charge in [0.1, 0.15) is 17.6 Å². The summed E-state index contributed by atoms with van der Waals surface area (Å²) in [5.74, 6) is -0.349. The second-order valence-electron chi connectivity index (χ2n) is 11.2. The van der Waals surface area contributed by atoms with Crippen LogP contribution in [0.1, 0.15) is 76.3 Å². The molecule has 7 heteroatoms. The van der Waals surface area contributed by atoms with E-state index < -0.39 is 6.10 Å². The Balaban J connectivity index is 1.23. The van der Waals surface area contributed by atoms with E-state index in [-0.39, 0.29) is 23.7 Å². The van der Waals surface area contributed by atoms with Gasteiger partial charge in [0.25, 0.3) is 5.91 Å². The van der Waals surface area contributed by atoms with Crippen LogP contribution in [0, 0.1) is 12.7 Å². The number of halogens is 1. The third kappa shape index (κ3) is 5.38. The molecule has 0 bridgehead atoms. The highest BCUT2D eigenvalue weighted by Crippen LogP contribution is 2.27. The zero-order valence-corrected chi connectivity index (χ0v) is 22.3. The summed E-state index contributed by atoms with van der Waals surface area (Å²) in [5, 5.41) is 19.1. The molecule has 1 N–H and O–H groups in total. The fourth-order valence-corrected chi connectivity index (χ4v) is 4.92. The average molecular weight is 513 g/mol. The molecule has 1 aliphatic rings. The van der Waals surface area contributed by atoms with Crippen molar-refractivity contribution in [1.29, 1.82) is 0 Å². The molecule has 5 rings (SSSR count). The fourth-order valence-electron chi connectivity index (χ4n) is 4.92.